The number of rotatable bonds is 5. The van der Waals surface area contributed by atoms with Crippen LogP contribution in [0.4, 0.5) is 5.69 Å². The van der Waals surface area contributed by atoms with Gasteiger partial charge in [0.05, 0.1) is 0 Å². The summed E-state index contributed by atoms with van der Waals surface area (Å²) in [6.07, 6.45) is 1.42. The minimum Gasteiger partial charge on any atom is -0.480 e. The molecule has 0 saturated carbocycles. The SMILES string of the molecule is Cc1cccc(C)c1OC(C)C(=O)Nc1cccc(C(=O)N2CCC(C)CC2)c1. The summed E-state index contributed by atoms with van der Waals surface area (Å²) in [6, 6.07) is 13.0. The Bertz CT molecular complexity index is 865. The van der Waals surface area contributed by atoms with Gasteiger partial charge in [-0.15, -0.1) is 0 Å². The van der Waals surface area contributed by atoms with Crippen LogP contribution in [-0.2, 0) is 4.79 Å². The van der Waals surface area contributed by atoms with Crippen LogP contribution in [0.3, 0.4) is 0 Å². The number of hydrogen-bond donors (Lipinski definition) is 1. The lowest BCUT2D eigenvalue weighted by Crippen LogP contribution is -2.38. The Labute approximate surface area is 173 Å². The van der Waals surface area contributed by atoms with Crippen LogP contribution in [0.15, 0.2) is 42.5 Å². The first-order chi connectivity index (χ1) is 13.8. The Morgan fingerprint density at radius 1 is 1.07 bits per heavy atom. The van der Waals surface area contributed by atoms with Gasteiger partial charge in [0.2, 0.25) is 0 Å². The molecule has 1 aliphatic rings. The molecule has 0 spiro atoms. The summed E-state index contributed by atoms with van der Waals surface area (Å²) in [5.41, 5.74) is 3.19. The number of piperidine rings is 1. The first-order valence-corrected chi connectivity index (χ1v) is 10.3. The second-order valence-corrected chi connectivity index (χ2v) is 8.03. The maximum Gasteiger partial charge on any atom is 0.265 e. The molecule has 154 valence electrons. The summed E-state index contributed by atoms with van der Waals surface area (Å²) >= 11 is 0. The minimum atomic E-state index is -0.655. The number of benzene rings is 2. The lowest BCUT2D eigenvalue weighted by molar-refractivity contribution is -0.122. The van der Waals surface area contributed by atoms with Gasteiger partial charge in [-0.05, 0) is 68.9 Å². The molecule has 2 amide bonds. The Morgan fingerprint density at radius 3 is 2.34 bits per heavy atom. The zero-order valence-corrected chi connectivity index (χ0v) is 17.7. The summed E-state index contributed by atoms with van der Waals surface area (Å²) < 4.78 is 5.91. The number of nitrogens with zero attached hydrogens (tertiary/aromatic N) is 1. The van der Waals surface area contributed by atoms with Crippen LogP contribution in [0.25, 0.3) is 0 Å². The fourth-order valence-corrected chi connectivity index (χ4v) is 3.58. The highest BCUT2D eigenvalue weighted by Crippen LogP contribution is 2.24. The quantitative estimate of drug-likeness (QED) is 0.807. The molecule has 0 radical (unpaired) electrons. The van der Waals surface area contributed by atoms with Crippen molar-refractivity contribution in [3.8, 4) is 5.75 Å². The van der Waals surface area contributed by atoms with Gasteiger partial charge < -0.3 is 15.0 Å². The molecule has 1 heterocycles. The molecule has 2 aromatic carbocycles. The van der Waals surface area contributed by atoms with Gasteiger partial charge in [-0.2, -0.15) is 0 Å². The summed E-state index contributed by atoms with van der Waals surface area (Å²) in [5, 5.41) is 2.87. The van der Waals surface area contributed by atoms with E-state index >= 15 is 0 Å². The van der Waals surface area contributed by atoms with Crippen molar-refractivity contribution in [1.82, 2.24) is 4.90 Å². The number of likely N-dealkylation sites (tertiary alicyclic amines) is 1. The molecule has 29 heavy (non-hydrogen) atoms. The van der Waals surface area contributed by atoms with E-state index in [4.69, 9.17) is 4.74 Å². The number of amides is 2. The molecule has 1 fully saturated rings. The van der Waals surface area contributed by atoms with Crippen molar-refractivity contribution in [3.05, 3.63) is 59.2 Å². The highest BCUT2D eigenvalue weighted by Gasteiger charge is 2.22. The van der Waals surface area contributed by atoms with Gasteiger partial charge in [-0.1, -0.05) is 31.2 Å². The summed E-state index contributed by atoms with van der Waals surface area (Å²) in [5.74, 6) is 1.18. The maximum atomic E-state index is 12.8. The lowest BCUT2D eigenvalue weighted by atomic mass is 9.98. The van der Waals surface area contributed by atoms with Gasteiger partial charge >= 0.3 is 0 Å². The first-order valence-electron chi connectivity index (χ1n) is 10.3. The second kappa shape index (κ2) is 9.12. The number of hydrogen-bond acceptors (Lipinski definition) is 3. The van der Waals surface area contributed by atoms with Crippen LogP contribution in [0.5, 0.6) is 5.75 Å². The molecule has 1 aliphatic heterocycles. The third-order valence-corrected chi connectivity index (χ3v) is 5.52. The zero-order valence-electron chi connectivity index (χ0n) is 17.7. The van der Waals surface area contributed by atoms with Crippen molar-refractivity contribution < 1.29 is 14.3 Å². The normalized spacial score (nSPS) is 15.7. The minimum absolute atomic E-state index is 0.0211. The predicted octanol–water partition coefficient (Wildman–Crippen LogP) is 4.58. The van der Waals surface area contributed by atoms with Crippen LogP contribution >= 0.6 is 0 Å². The van der Waals surface area contributed by atoms with Gasteiger partial charge in [0, 0.05) is 24.3 Å². The van der Waals surface area contributed by atoms with E-state index in [2.05, 4.69) is 12.2 Å². The fraction of sp³-hybridized carbons (Fsp3) is 0.417. The van der Waals surface area contributed by atoms with E-state index in [0.717, 1.165) is 42.8 Å². The van der Waals surface area contributed by atoms with Gasteiger partial charge in [0.25, 0.3) is 11.8 Å². The Balaban J connectivity index is 1.65. The number of anilines is 1. The molecule has 0 aromatic heterocycles. The summed E-state index contributed by atoms with van der Waals surface area (Å²) in [6.45, 7) is 9.45. The van der Waals surface area contributed by atoms with Gasteiger partial charge in [0.1, 0.15) is 5.75 Å². The number of nitrogens with one attached hydrogen (secondary N) is 1. The van der Waals surface area contributed by atoms with Crippen LogP contribution in [0.2, 0.25) is 0 Å². The largest absolute Gasteiger partial charge is 0.480 e. The molecule has 5 nitrogen and oxygen atoms in total. The standard InChI is InChI=1S/C24H30N2O3/c1-16-11-13-26(14-12-16)24(28)20-9-6-10-21(15-20)25-23(27)19(4)29-22-17(2)7-5-8-18(22)3/h5-10,15-16,19H,11-14H2,1-4H3,(H,25,27). The highest BCUT2D eigenvalue weighted by molar-refractivity contribution is 5.98. The maximum absolute atomic E-state index is 12.8. The topological polar surface area (TPSA) is 58.6 Å². The van der Waals surface area contributed by atoms with Crippen LogP contribution in [-0.4, -0.2) is 35.9 Å². The Morgan fingerprint density at radius 2 is 1.69 bits per heavy atom. The molecule has 1 unspecified atom stereocenters. The Hall–Kier alpha value is -2.82. The van der Waals surface area contributed by atoms with E-state index in [0.29, 0.717) is 17.2 Å². The third-order valence-electron chi connectivity index (χ3n) is 5.52. The van der Waals surface area contributed by atoms with E-state index in [9.17, 15) is 9.59 Å². The average molecular weight is 395 g/mol. The van der Waals surface area contributed by atoms with E-state index in [1.165, 1.54) is 0 Å². The number of para-hydroxylation sites is 1. The zero-order chi connectivity index (χ0) is 21.0. The van der Waals surface area contributed by atoms with E-state index in [1.807, 2.05) is 36.9 Å². The van der Waals surface area contributed by atoms with Gasteiger partial charge in [0.15, 0.2) is 6.10 Å². The van der Waals surface area contributed by atoms with Crippen molar-refractivity contribution in [2.75, 3.05) is 18.4 Å². The van der Waals surface area contributed by atoms with Gasteiger partial charge in [-0.3, -0.25) is 9.59 Å². The molecule has 1 atom stereocenters. The van der Waals surface area contributed by atoms with Crippen molar-refractivity contribution in [2.24, 2.45) is 5.92 Å². The van der Waals surface area contributed by atoms with Crippen LogP contribution < -0.4 is 10.1 Å². The first kappa shape index (κ1) is 20.9. The third kappa shape index (κ3) is 5.17. The van der Waals surface area contributed by atoms with Crippen LogP contribution in [0.1, 0.15) is 48.2 Å². The lowest BCUT2D eigenvalue weighted by Gasteiger charge is -2.30. The van der Waals surface area contributed by atoms with E-state index < -0.39 is 6.10 Å². The molecule has 0 bridgehead atoms. The Kier molecular flexibility index (Phi) is 6.57. The van der Waals surface area contributed by atoms with Crippen molar-refractivity contribution in [3.63, 3.8) is 0 Å². The number of carbonyl (C=O) groups excluding carboxylic acids is 2. The predicted molar refractivity (Wildman–Crippen MR) is 115 cm³/mol. The molecule has 5 heteroatoms. The van der Waals surface area contributed by atoms with Crippen molar-refractivity contribution >= 4 is 17.5 Å². The van der Waals surface area contributed by atoms with E-state index in [-0.39, 0.29) is 11.8 Å². The molecule has 1 N–H and O–H groups in total. The van der Waals surface area contributed by atoms with Gasteiger partial charge in [-0.25, -0.2) is 0 Å². The average Bonchev–Trinajstić information content (AvgIpc) is 2.71. The molecule has 1 saturated heterocycles. The van der Waals surface area contributed by atoms with Crippen molar-refractivity contribution in [1.29, 1.82) is 0 Å². The number of ether oxygens (including phenoxy) is 1. The molecular formula is C24H30N2O3. The number of aryl methyl sites for hydroxylation is 2. The second-order valence-electron chi connectivity index (χ2n) is 8.03. The fourth-order valence-electron chi connectivity index (χ4n) is 3.58. The number of carbonyl (C=O) groups is 2. The summed E-state index contributed by atoms with van der Waals surface area (Å²) in [4.78, 5) is 27.3. The monoisotopic (exact) mass is 394 g/mol. The van der Waals surface area contributed by atoms with Crippen LogP contribution in [0, 0.1) is 19.8 Å². The molecular weight excluding hydrogens is 364 g/mol. The van der Waals surface area contributed by atoms with E-state index in [1.54, 1.807) is 31.2 Å². The van der Waals surface area contributed by atoms with Crippen molar-refractivity contribution in [2.45, 2.75) is 46.6 Å². The highest BCUT2D eigenvalue weighted by atomic mass is 16.5. The molecule has 2 aromatic rings. The summed E-state index contributed by atoms with van der Waals surface area (Å²) in [7, 11) is 0. The molecule has 0 aliphatic carbocycles. The molecule has 3 rings (SSSR count). The smallest absolute Gasteiger partial charge is 0.265 e.